The minimum Gasteiger partial charge on any atom is -0.493 e. The van der Waals surface area contributed by atoms with Crippen molar-refractivity contribution in [2.45, 2.75) is 19.4 Å². The maximum absolute atomic E-state index is 6.88. The van der Waals surface area contributed by atoms with Gasteiger partial charge < -0.3 is 9.47 Å². The summed E-state index contributed by atoms with van der Waals surface area (Å²) in [5.74, 6) is 2.28. The second-order valence-electron chi connectivity index (χ2n) is 8.83. The molecule has 4 aromatic rings. The summed E-state index contributed by atoms with van der Waals surface area (Å²) in [5, 5.41) is 2.44. The predicted molar refractivity (Wildman–Crippen MR) is 127 cm³/mol. The Balaban J connectivity index is 1.53. The second-order valence-corrected chi connectivity index (χ2v) is 8.83. The van der Waals surface area contributed by atoms with Crippen molar-refractivity contribution in [1.82, 2.24) is 0 Å². The molecule has 1 atom stereocenters. The van der Waals surface area contributed by atoms with Crippen LogP contribution in [0.25, 0.3) is 28.0 Å². The molecule has 0 bridgehead atoms. The van der Waals surface area contributed by atoms with Gasteiger partial charge in [-0.3, -0.25) is 0 Å². The lowest BCUT2D eigenvalue weighted by atomic mass is 9.87. The number of benzene rings is 4. The van der Waals surface area contributed by atoms with E-state index >= 15 is 0 Å². The van der Waals surface area contributed by atoms with Crippen LogP contribution in [0, 0.1) is 5.92 Å². The van der Waals surface area contributed by atoms with Gasteiger partial charge in [-0.05, 0) is 58.2 Å². The van der Waals surface area contributed by atoms with Crippen LogP contribution in [0.3, 0.4) is 0 Å². The molecule has 4 aromatic carbocycles. The third-order valence-corrected chi connectivity index (χ3v) is 6.28. The third kappa shape index (κ3) is 2.71. The van der Waals surface area contributed by atoms with Crippen molar-refractivity contribution in [3.63, 3.8) is 0 Å². The molecule has 0 radical (unpaired) electrons. The van der Waals surface area contributed by atoms with Gasteiger partial charge in [0.15, 0.2) is 5.60 Å². The molecule has 0 aromatic heterocycles. The first-order valence-corrected chi connectivity index (χ1v) is 10.9. The zero-order valence-corrected chi connectivity index (χ0v) is 17.8. The van der Waals surface area contributed by atoms with Gasteiger partial charge in [0.2, 0.25) is 0 Å². The summed E-state index contributed by atoms with van der Waals surface area (Å²) in [7, 11) is 0. The van der Waals surface area contributed by atoms with E-state index in [4.69, 9.17) is 9.47 Å². The molecular formula is C29H24O2. The summed E-state index contributed by atoms with van der Waals surface area (Å²) in [6.45, 7) is 5.03. The summed E-state index contributed by atoms with van der Waals surface area (Å²) >= 11 is 0. The summed E-state index contributed by atoms with van der Waals surface area (Å²) in [5.41, 5.74) is 5.26. The lowest BCUT2D eigenvalue weighted by Crippen LogP contribution is -2.32. The maximum Gasteiger partial charge on any atom is 0.179 e. The number of hydrogen-bond acceptors (Lipinski definition) is 2. The molecule has 0 fully saturated rings. The van der Waals surface area contributed by atoms with Crippen molar-refractivity contribution in [3.8, 4) is 22.6 Å². The summed E-state index contributed by atoms with van der Waals surface area (Å²) in [6.07, 6.45) is 4.45. The van der Waals surface area contributed by atoms with Gasteiger partial charge in [0.25, 0.3) is 0 Å². The van der Waals surface area contributed by atoms with Crippen molar-refractivity contribution in [1.29, 1.82) is 0 Å². The van der Waals surface area contributed by atoms with E-state index in [2.05, 4.69) is 105 Å². The summed E-state index contributed by atoms with van der Waals surface area (Å²) in [6, 6.07) is 27.7. The highest BCUT2D eigenvalue weighted by Gasteiger charge is 2.45. The van der Waals surface area contributed by atoms with Gasteiger partial charge in [0.1, 0.15) is 11.5 Å². The minimum atomic E-state index is -0.640. The number of ether oxygens (including phenoxy) is 2. The molecule has 152 valence electrons. The Morgan fingerprint density at radius 1 is 0.839 bits per heavy atom. The van der Waals surface area contributed by atoms with E-state index in [1.807, 2.05) is 0 Å². The molecule has 2 nitrogen and oxygen atoms in total. The van der Waals surface area contributed by atoms with Gasteiger partial charge in [-0.15, -0.1) is 0 Å². The highest BCUT2D eigenvalue weighted by atomic mass is 16.5. The Hall–Kier alpha value is -3.52. The molecule has 2 heteroatoms. The first-order chi connectivity index (χ1) is 15.2. The molecule has 0 N–H and O–H groups in total. The van der Waals surface area contributed by atoms with Crippen molar-refractivity contribution in [2.24, 2.45) is 5.92 Å². The van der Waals surface area contributed by atoms with Gasteiger partial charge >= 0.3 is 0 Å². The van der Waals surface area contributed by atoms with Crippen LogP contribution in [0.4, 0.5) is 0 Å². The fourth-order valence-electron chi connectivity index (χ4n) is 4.84. The molecule has 0 saturated carbocycles. The fourth-order valence-corrected chi connectivity index (χ4v) is 4.84. The van der Waals surface area contributed by atoms with E-state index in [0.717, 1.165) is 22.6 Å². The predicted octanol–water partition coefficient (Wildman–Crippen LogP) is 7.20. The molecule has 1 heterocycles. The van der Waals surface area contributed by atoms with Crippen LogP contribution in [0.15, 0.2) is 84.9 Å². The van der Waals surface area contributed by atoms with Crippen LogP contribution in [0.1, 0.15) is 30.5 Å². The van der Waals surface area contributed by atoms with Crippen molar-refractivity contribution in [3.05, 3.63) is 102 Å². The molecule has 0 amide bonds. The normalized spacial score (nSPS) is 18.0. The van der Waals surface area contributed by atoms with Crippen LogP contribution in [-0.4, -0.2) is 6.61 Å². The maximum atomic E-state index is 6.88. The summed E-state index contributed by atoms with van der Waals surface area (Å²) < 4.78 is 13.0. The van der Waals surface area contributed by atoms with Crippen LogP contribution >= 0.6 is 0 Å². The standard InChI is InChI=1S/C29H24O2/c1-19(2)18-30-21-12-13-24-23-9-5-6-10-26(23)29(27(24)17-21)16-15-25-22-8-4-3-7-20(22)11-14-28(25)31-29/h3-17,19H,18H2,1-2H3. The average molecular weight is 405 g/mol. The first-order valence-electron chi connectivity index (χ1n) is 10.9. The monoisotopic (exact) mass is 404 g/mol. The van der Waals surface area contributed by atoms with Crippen LogP contribution in [0.5, 0.6) is 11.5 Å². The van der Waals surface area contributed by atoms with E-state index in [0.29, 0.717) is 12.5 Å². The van der Waals surface area contributed by atoms with E-state index in [9.17, 15) is 0 Å². The first kappa shape index (κ1) is 18.3. The van der Waals surface area contributed by atoms with Crippen LogP contribution in [-0.2, 0) is 5.60 Å². The molecule has 1 aliphatic carbocycles. The molecule has 1 unspecified atom stereocenters. The highest BCUT2D eigenvalue weighted by Crippen LogP contribution is 2.54. The molecule has 1 spiro atoms. The van der Waals surface area contributed by atoms with E-state index in [1.165, 1.54) is 27.5 Å². The van der Waals surface area contributed by atoms with E-state index < -0.39 is 5.60 Å². The minimum absolute atomic E-state index is 0.477. The van der Waals surface area contributed by atoms with Crippen molar-refractivity contribution < 1.29 is 9.47 Å². The van der Waals surface area contributed by atoms with E-state index in [-0.39, 0.29) is 0 Å². The van der Waals surface area contributed by atoms with Gasteiger partial charge in [0, 0.05) is 16.7 Å². The Bertz CT molecular complexity index is 1350. The van der Waals surface area contributed by atoms with Crippen molar-refractivity contribution >= 4 is 16.8 Å². The Morgan fingerprint density at radius 2 is 1.65 bits per heavy atom. The zero-order chi connectivity index (χ0) is 21.0. The molecule has 2 aliphatic rings. The van der Waals surface area contributed by atoms with Crippen LogP contribution in [0.2, 0.25) is 0 Å². The number of hydrogen-bond donors (Lipinski definition) is 0. The molecule has 31 heavy (non-hydrogen) atoms. The van der Waals surface area contributed by atoms with E-state index in [1.54, 1.807) is 0 Å². The smallest absolute Gasteiger partial charge is 0.179 e. The highest BCUT2D eigenvalue weighted by molar-refractivity contribution is 5.95. The molecule has 6 rings (SSSR count). The van der Waals surface area contributed by atoms with Crippen molar-refractivity contribution in [2.75, 3.05) is 6.61 Å². The van der Waals surface area contributed by atoms with Gasteiger partial charge in [-0.1, -0.05) is 74.5 Å². The zero-order valence-electron chi connectivity index (χ0n) is 17.8. The molecular weight excluding hydrogens is 380 g/mol. The number of fused-ring (bicyclic) bond motifs is 8. The number of rotatable bonds is 3. The second kappa shape index (κ2) is 6.75. The quantitative estimate of drug-likeness (QED) is 0.359. The molecule has 0 saturated heterocycles. The Morgan fingerprint density at radius 3 is 2.55 bits per heavy atom. The molecule has 1 aliphatic heterocycles. The topological polar surface area (TPSA) is 18.5 Å². The third-order valence-electron chi connectivity index (χ3n) is 6.28. The largest absolute Gasteiger partial charge is 0.493 e. The SMILES string of the molecule is CC(C)COc1ccc2c(c1)C1(C=Cc3c(ccc4ccccc34)O1)c1ccccc1-2. The Labute approximate surface area is 182 Å². The van der Waals surface area contributed by atoms with Crippen LogP contribution < -0.4 is 9.47 Å². The fraction of sp³-hybridized carbons (Fsp3) is 0.172. The lowest BCUT2D eigenvalue weighted by molar-refractivity contribution is 0.165. The van der Waals surface area contributed by atoms with Gasteiger partial charge in [0.05, 0.1) is 6.61 Å². The Kier molecular flexibility index (Phi) is 3.97. The summed E-state index contributed by atoms with van der Waals surface area (Å²) in [4.78, 5) is 0. The van der Waals surface area contributed by atoms with Gasteiger partial charge in [-0.2, -0.15) is 0 Å². The lowest BCUT2D eigenvalue weighted by Gasteiger charge is -2.34. The van der Waals surface area contributed by atoms with Gasteiger partial charge in [-0.25, -0.2) is 0 Å². The average Bonchev–Trinajstić information content (AvgIpc) is 3.06.